The normalized spacial score (nSPS) is 12.1. The first kappa shape index (κ1) is 69.9. The van der Waals surface area contributed by atoms with Crippen LogP contribution < -0.4 is 0 Å². The topological polar surface area (TPSA) is 78.9 Å². The predicted molar refractivity (Wildman–Crippen MR) is 312 cm³/mol. The van der Waals surface area contributed by atoms with Crippen molar-refractivity contribution in [3.8, 4) is 0 Å². The minimum Gasteiger partial charge on any atom is -0.462 e. The average Bonchev–Trinajstić information content (AvgIpc) is 3.38. The molecule has 0 aliphatic heterocycles. The van der Waals surface area contributed by atoms with Crippen LogP contribution in [0.3, 0.4) is 0 Å². The van der Waals surface area contributed by atoms with Crippen LogP contribution in [-0.4, -0.2) is 37.2 Å². The van der Waals surface area contributed by atoms with Crippen molar-refractivity contribution in [1.29, 1.82) is 0 Å². The highest BCUT2D eigenvalue weighted by Crippen LogP contribution is 2.18. The van der Waals surface area contributed by atoms with Crippen LogP contribution in [0.25, 0.3) is 0 Å². The van der Waals surface area contributed by atoms with Crippen molar-refractivity contribution >= 4 is 17.9 Å². The Morgan fingerprint density at radius 3 is 0.778 bits per heavy atom. The summed E-state index contributed by atoms with van der Waals surface area (Å²) in [4.78, 5) is 38.3. The molecule has 1 atom stereocenters. The summed E-state index contributed by atoms with van der Waals surface area (Å²) in [5.74, 6) is -0.856. The summed E-state index contributed by atoms with van der Waals surface area (Å²) in [6.45, 7) is 6.68. The van der Waals surface area contributed by atoms with Gasteiger partial charge in [-0.15, -0.1) is 0 Å². The summed E-state index contributed by atoms with van der Waals surface area (Å²) in [6.07, 6.45) is 73.3. The van der Waals surface area contributed by atoms with Gasteiger partial charge in [0.05, 0.1) is 0 Å². The molecule has 424 valence electrons. The molecule has 6 nitrogen and oxygen atoms in total. The molecule has 0 aliphatic rings. The Morgan fingerprint density at radius 1 is 0.278 bits per heavy atom. The number of hydrogen-bond donors (Lipinski definition) is 0. The summed E-state index contributed by atoms with van der Waals surface area (Å²) in [6, 6.07) is 0. The summed E-state index contributed by atoms with van der Waals surface area (Å²) >= 11 is 0. The average molecular weight is 1010 g/mol. The molecule has 0 aliphatic carbocycles. The van der Waals surface area contributed by atoms with Crippen LogP contribution in [0.15, 0.2) is 24.3 Å². The Bertz CT molecular complexity index is 1160. The molecule has 0 spiro atoms. The van der Waals surface area contributed by atoms with Crippen molar-refractivity contribution in [1.82, 2.24) is 0 Å². The quantitative estimate of drug-likeness (QED) is 0.0261. The van der Waals surface area contributed by atoms with Crippen molar-refractivity contribution in [2.45, 2.75) is 367 Å². The van der Waals surface area contributed by atoms with E-state index >= 15 is 0 Å². The van der Waals surface area contributed by atoms with E-state index in [1.807, 2.05) is 0 Å². The van der Waals surface area contributed by atoms with Gasteiger partial charge in [0.1, 0.15) is 13.2 Å². The van der Waals surface area contributed by atoms with E-state index in [-0.39, 0.29) is 31.1 Å². The van der Waals surface area contributed by atoms with Gasteiger partial charge in [-0.25, -0.2) is 0 Å². The van der Waals surface area contributed by atoms with Crippen LogP contribution in [0, 0.1) is 0 Å². The lowest BCUT2D eigenvalue weighted by Gasteiger charge is -2.18. The largest absolute Gasteiger partial charge is 0.462 e. The molecule has 0 aromatic carbocycles. The fourth-order valence-corrected chi connectivity index (χ4v) is 9.83. The van der Waals surface area contributed by atoms with Crippen LogP contribution in [0.2, 0.25) is 0 Å². The molecule has 0 aromatic heterocycles. The molecule has 0 radical (unpaired) electrons. The van der Waals surface area contributed by atoms with Gasteiger partial charge in [-0.2, -0.15) is 0 Å². The number of carbonyl (C=O) groups excluding carboxylic acids is 3. The summed E-state index contributed by atoms with van der Waals surface area (Å²) in [7, 11) is 0. The maximum Gasteiger partial charge on any atom is 0.306 e. The molecule has 0 heterocycles. The number of hydrogen-bond acceptors (Lipinski definition) is 6. The highest BCUT2D eigenvalue weighted by Gasteiger charge is 2.19. The lowest BCUT2D eigenvalue weighted by Crippen LogP contribution is -2.30. The maximum atomic E-state index is 12.9. The molecule has 0 N–H and O–H groups in total. The smallest absolute Gasteiger partial charge is 0.306 e. The first-order valence-corrected chi connectivity index (χ1v) is 32.3. The molecule has 0 rings (SSSR count). The zero-order valence-electron chi connectivity index (χ0n) is 48.7. The van der Waals surface area contributed by atoms with Crippen LogP contribution in [0.1, 0.15) is 361 Å². The van der Waals surface area contributed by atoms with Gasteiger partial charge in [0.15, 0.2) is 6.10 Å². The number of rotatable bonds is 60. The number of carbonyl (C=O) groups is 3. The standard InChI is InChI=1S/C66H124O6/c1-4-7-10-13-16-19-22-25-28-31-32-33-34-35-36-39-41-44-47-50-53-56-59-65(68)71-62-63(72-66(69)60-57-54-51-48-45-42-38-30-27-24-21-18-15-12-9-6-3)61-70-64(67)58-55-52-49-46-43-40-37-29-26-23-20-17-14-11-8-5-2/h21,24,30,38,63H,4-20,22-23,25-29,31-37,39-62H2,1-3H3/b24-21-,38-30-. The predicted octanol–water partition coefficient (Wildman–Crippen LogP) is 21.8. The highest BCUT2D eigenvalue weighted by atomic mass is 16.6. The van der Waals surface area contributed by atoms with Crippen LogP contribution in [0.5, 0.6) is 0 Å². The minimum atomic E-state index is -0.775. The Hall–Kier alpha value is -2.11. The molecule has 0 fully saturated rings. The molecule has 0 saturated carbocycles. The van der Waals surface area contributed by atoms with Gasteiger partial charge in [-0.1, -0.05) is 315 Å². The first-order chi connectivity index (χ1) is 35.5. The summed E-state index contributed by atoms with van der Waals surface area (Å²) in [5.41, 5.74) is 0. The number of unbranched alkanes of at least 4 members (excludes halogenated alkanes) is 45. The van der Waals surface area contributed by atoms with Crippen molar-refractivity contribution in [2.75, 3.05) is 13.2 Å². The summed E-state index contributed by atoms with van der Waals surface area (Å²) < 4.78 is 16.9. The Morgan fingerprint density at radius 2 is 0.500 bits per heavy atom. The van der Waals surface area contributed by atoms with E-state index < -0.39 is 6.10 Å². The molecule has 1 unspecified atom stereocenters. The van der Waals surface area contributed by atoms with E-state index in [2.05, 4.69) is 45.1 Å². The third-order valence-electron chi connectivity index (χ3n) is 14.7. The van der Waals surface area contributed by atoms with Crippen molar-refractivity contribution in [3.05, 3.63) is 24.3 Å². The van der Waals surface area contributed by atoms with E-state index in [0.29, 0.717) is 19.3 Å². The van der Waals surface area contributed by atoms with E-state index in [9.17, 15) is 14.4 Å². The second-order valence-corrected chi connectivity index (χ2v) is 22.0. The van der Waals surface area contributed by atoms with Gasteiger partial charge >= 0.3 is 17.9 Å². The van der Waals surface area contributed by atoms with Gasteiger partial charge in [-0.05, 0) is 51.4 Å². The molecule has 72 heavy (non-hydrogen) atoms. The van der Waals surface area contributed by atoms with Crippen molar-refractivity contribution in [2.24, 2.45) is 0 Å². The molecule has 0 aromatic rings. The van der Waals surface area contributed by atoms with E-state index in [1.54, 1.807) is 0 Å². The fourth-order valence-electron chi connectivity index (χ4n) is 9.83. The van der Waals surface area contributed by atoms with Gasteiger partial charge in [0, 0.05) is 19.3 Å². The van der Waals surface area contributed by atoms with Crippen LogP contribution in [0.4, 0.5) is 0 Å². The van der Waals surface area contributed by atoms with Crippen LogP contribution in [-0.2, 0) is 28.6 Å². The molecule has 6 heteroatoms. The second-order valence-electron chi connectivity index (χ2n) is 22.0. The zero-order chi connectivity index (χ0) is 52.2. The van der Waals surface area contributed by atoms with Crippen molar-refractivity contribution < 1.29 is 28.6 Å². The number of allylic oxidation sites excluding steroid dienone is 4. The zero-order valence-corrected chi connectivity index (χ0v) is 48.7. The SMILES string of the molecule is CCCCCC/C=C\C/C=C\CCCCCCCC(=O)OC(COC(=O)CCCCCCCCCCCCCCCCCC)COC(=O)CCCCCCCCCCCCCCCCCCCCCCCC. The lowest BCUT2D eigenvalue weighted by atomic mass is 10.0. The molecule has 0 bridgehead atoms. The van der Waals surface area contributed by atoms with E-state index in [1.165, 1.54) is 244 Å². The summed E-state index contributed by atoms with van der Waals surface area (Å²) in [5, 5.41) is 0. The monoisotopic (exact) mass is 1010 g/mol. The third-order valence-corrected chi connectivity index (χ3v) is 14.7. The van der Waals surface area contributed by atoms with E-state index in [0.717, 1.165) is 77.0 Å². The van der Waals surface area contributed by atoms with Gasteiger partial charge < -0.3 is 14.2 Å². The molecular weight excluding hydrogens is 889 g/mol. The Labute approximate surface area is 449 Å². The van der Waals surface area contributed by atoms with E-state index in [4.69, 9.17) is 14.2 Å². The highest BCUT2D eigenvalue weighted by molar-refractivity contribution is 5.71. The van der Waals surface area contributed by atoms with Gasteiger partial charge in [0.2, 0.25) is 0 Å². The fraction of sp³-hybridized carbons (Fsp3) is 0.894. The molecule has 0 saturated heterocycles. The number of esters is 3. The van der Waals surface area contributed by atoms with Gasteiger partial charge in [0.25, 0.3) is 0 Å². The third kappa shape index (κ3) is 58.8. The minimum absolute atomic E-state index is 0.0710. The Kier molecular flexibility index (Phi) is 59.6. The lowest BCUT2D eigenvalue weighted by molar-refractivity contribution is -0.167. The van der Waals surface area contributed by atoms with Crippen LogP contribution >= 0.6 is 0 Å². The molecular formula is C66H124O6. The number of ether oxygens (including phenoxy) is 3. The first-order valence-electron chi connectivity index (χ1n) is 32.3. The van der Waals surface area contributed by atoms with Crippen molar-refractivity contribution in [3.63, 3.8) is 0 Å². The molecule has 0 amide bonds. The van der Waals surface area contributed by atoms with Gasteiger partial charge in [-0.3, -0.25) is 14.4 Å². The Balaban J connectivity index is 4.29. The second kappa shape index (κ2) is 61.4. The maximum absolute atomic E-state index is 12.9.